The molecule has 21 nitrogen and oxygen atoms in total. The Morgan fingerprint density at radius 1 is 1.13 bits per heavy atom. The number of amides is 3. The molecule has 0 bridgehead atoms. The second-order valence-corrected chi connectivity index (χ2v) is 18.9. The van der Waals surface area contributed by atoms with Gasteiger partial charge in [0, 0.05) is 24.7 Å². The molecule has 5 rings (SSSR count). The number of benzene rings is 1. The molecule has 1 saturated heterocycles. The first-order valence-electron chi connectivity index (χ1n) is 19.3. The summed E-state index contributed by atoms with van der Waals surface area (Å²) in [6.07, 6.45) is 1.48. The standard InChI is InChI=1S/C38H53N9O12S2/c1-35(2,3)56-31(50)38(9,26-14-12-22-17-21(11-13-25(22)55-26)23-18-41-32(42-19-23)40-16-10-15-39)58-46-27(24-20-60-33(43-24)45-34(51)57-36(4,5)6)29(48)44-28-30(49)47(37(28,7)8)59-61(52,53)54/h11,13,17-18,20,26,28H,10,12,14-16,19,39H2,1-9H3,(H,44,48)(H2,40,41,42)(H,43,45,51)(H,52,53,54)/b46-27-/t26-,28-,38?/m1/s1. The third-order valence-corrected chi connectivity index (χ3v) is 10.4. The number of aliphatic imine (C=N–C) groups is 1. The Hall–Kier alpha value is -5.36. The fraction of sp³-hybridized carbons (Fsp3) is 0.553. The van der Waals surface area contributed by atoms with Crippen LogP contribution < -0.4 is 31.7 Å². The molecule has 1 aromatic heterocycles. The van der Waals surface area contributed by atoms with Crippen molar-refractivity contribution in [1.82, 2.24) is 26.0 Å². The summed E-state index contributed by atoms with van der Waals surface area (Å²) in [5, 5.41) is 17.4. The average Bonchev–Trinajstić information content (AvgIpc) is 3.61. The highest BCUT2D eigenvalue weighted by molar-refractivity contribution is 7.80. The van der Waals surface area contributed by atoms with Gasteiger partial charge in [0.05, 0.1) is 5.54 Å². The number of carbonyl (C=O) groups excluding carboxylic acids is 4. The van der Waals surface area contributed by atoms with Crippen LogP contribution in [0.15, 0.2) is 39.9 Å². The number of oxime groups is 1. The number of thiazole rings is 1. The zero-order chi connectivity index (χ0) is 45.1. The van der Waals surface area contributed by atoms with Gasteiger partial charge in [-0.25, -0.2) is 19.6 Å². The topological polar surface area (TPSA) is 284 Å². The highest BCUT2D eigenvalue weighted by Crippen LogP contribution is 2.37. The fourth-order valence-corrected chi connectivity index (χ4v) is 7.32. The van der Waals surface area contributed by atoms with E-state index in [1.165, 1.54) is 26.2 Å². The van der Waals surface area contributed by atoms with E-state index in [0.29, 0.717) is 42.8 Å². The number of carbonyl (C=O) groups is 4. The van der Waals surface area contributed by atoms with Crippen LogP contribution in [0.25, 0.3) is 5.57 Å². The summed E-state index contributed by atoms with van der Waals surface area (Å²) >= 11 is 0.911. The molecule has 4 heterocycles. The molecule has 7 N–H and O–H groups in total. The molecule has 0 saturated carbocycles. The molecule has 61 heavy (non-hydrogen) atoms. The third kappa shape index (κ3) is 11.7. The van der Waals surface area contributed by atoms with Crippen LogP contribution >= 0.6 is 11.3 Å². The quantitative estimate of drug-likeness (QED) is 0.0397. The molecule has 3 aliphatic rings. The maximum absolute atomic E-state index is 14.1. The summed E-state index contributed by atoms with van der Waals surface area (Å²) in [6.45, 7) is 16.0. The largest absolute Gasteiger partial charge is 0.485 e. The van der Waals surface area contributed by atoms with E-state index in [4.69, 9.17) is 24.8 Å². The van der Waals surface area contributed by atoms with Crippen molar-refractivity contribution >= 4 is 68.0 Å². The van der Waals surface area contributed by atoms with Gasteiger partial charge in [-0.1, -0.05) is 11.2 Å². The van der Waals surface area contributed by atoms with Crippen LogP contribution in [0.1, 0.15) is 92.0 Å². The maximum atomic E-state index is 14.1. The monoisotopic (exact) mass is 891 g/mol. The molecule has 1 aromatic carbocycles. The van der Waals surface area contributed by atoms with Gasteiger partial charge < -0.3 is 40.7 Å². The summed E-state index contributed by atoms with van der Waals surface area (Å²) < 4.78 is 53.9. The second kappa shape index (κ2) is 17.9. The smallest absolute Gasteiger partial charge is 0.418 e. The van der Waals surface area contributed by atoms with E-state index in [1.54, 1.807) is 53.8 Å². The number of aryl methyl sites for hydroxylation is 1. The van der Waals surface area contributed by atoms with Crippen molar-refractivity contribution in [2.45, 2.75) is 116 Å². The number of esters is 1. The van der Waals surface area contributed by atoms with Gasteiger partial charge in [0.15, 0.2) is 22.9 Å². The van der Waals surface area contributed by atoms with Gasteiger partial charge in [-0.2, -0.15) is 13.5 Å². The number of hydrogen-bond acceptors (Lipinski definition) is 18. The summed E-state index contributed by atoms with van der Waals surface area (Å²) in [5.74, 6) is -1.77. The lowest BCUT2D eigenvalue weighted by Gasteiger charge is -2.50. The molecule has 1 fully saturated rings. The Morgan fingerprint density at radius 3 is 2.44 bits per heavy atom. The molecule has 3 atom stereocenters. The highest BCUT2D eigenvalue weighted by Gasteiger charge is 2.58. The minimum atomic E-state index is -5.08. The number of ether oxygens (including phenoxy) is 3. The molecular formula is C38H53N9O12S2. The Labute approximate surface area is 357 Å². The lowest BCUT2D eigenvalue weighted by molar-refractivity contribution is -0.218. The number of hydroxylamine groups is 2. The number of nitrogens with zero attached hydrogens (tertiary/aromatic N) is 4. The Kier molecular flexibility index (Phi) is 13.7. The molecule has 0 radical (unpaired) electrons. The van der Waals surface area contributed by atoms with Crippen LogP contribution in [0.5, 0.6) is 5.75 Å². The predicted molar refractivity (Wildman–Crippen MR) is 224 cm³/mol. The van der Waals surface area contributed by atoms with E-state index in [0.717, 1.165) is 34.5 Å². The lowest BCUT2D eigenvalue weighted by atomic mass is 9.84. The maximum Gasteiger partial charge on any atom is 0.418 e. The Balaban J connectivity index is 1.45. The minimum Gasteiger partial charge on any atom is -0.485 e. The number of fused-ring (bicyclic) bond motifs is 1. The van der Waals surface area contributed by atoms with Gasteiger partial charge in [0.2, 0.25) is 0 Å². The van der Waals surface area contributed by atoms with E-state index >= 15 is 0 Å². The van der Waals surface area contributed by atoms with E-state index in [9.17, 15) is 32.1 Å². The molecular weight excluding hydrogens is 839 g/mol. The van der Waals surface area contributed by atoms with Crippen molar-refractivity contribution < 1.29 is 55.5 Å². The minimum absolute atomic E-state index is 0.00483. The van der Waals surface area contributed by atoms with Crippen molar-refractivity contribution in [2.24, 2.45) is 15.9 Å². The number of β-lactam (4-membered cyclic amide) rings is 1. The first-order chi connectivity index (χ1) is 28.3. The molecule has 23 heteroatoms. The number of hydrogen-bond donors (Lipinski definition) is 6. The van der Waals surface area contributed by atoms with Crippen molar-refractivity contribution in [3.63, 3.8) is 0 Å². The predicted octanol–water partition coefficient (Wildman–Crippen LogP) is 2.78. The van der Waals surface area contributed by atoms with E-state index < -0.39 is 74.5 Å². The van der Waals surface area contributed by atoms with Crippen LogP contribution in [0.4, 0.5) is 9.93 Å². The lowest BCUT2D eigenvalue weighted by Crippen LogP contribution is -2.76. The Bertz CT molecular complexity index is 2230. The van der Waals surface area contributed by atoms with Crippen molar-refractivity contribution in [1.29, 1.82) is 0 Å². The van der Waals surface area contributed by atoms with Crippen LogP contribution in [-0.2, 0) is 49.8 Å². The highest BCUT2D eigenvalue weighted by atomic mass is 32.3. The van der Waals surface area contributed by atoms with Crippen molar-refractivity contribution in [3.8, 4) is 5.75 Å². The second-order valence-electron chi connectivity index (χ2n) is 17.0. The van der Waals surface area contributed by atoms with Gasteiger partial charge in [-0.05, 0) is 117 Å². The van der Waals surface area contributed by atoms with Crippen molar-refractivity contribution in [2.75, 3.05) is 25.0 Å². The molecule has 1 unspecified atom stereocenters. The van der Waals surface area contributed by atoms with E-state index in [2.05, 4.69) is 40.7 Å². The third-order valence-electron chi connectivity index (χ3n) is 9.28. The number of anilines is 1. The molecule has 3 aliphatic heterocycles. The number of guanidine groups is 1. The molecule has 0 spiro atoms. The summed E-state index contributed by atoms with van der Waals surface area (Å²) in [5.41, 5.74) is 2.34. The van der Waals surface area contributed by atoms with Gasteiger partial charge in [-0.3, -0.25) is 19.5 Å². The zero-order valence-corrected chi connectivity index (χ0v) is 37.0. The normalized spacial score (nSPS) is 20.0. The van der Waals surface area contributed by atoms with Crippen LogP contribution in [0, 0.1) is 0 Å². The van der Waals surface area contributed by atoms with E-state index in [-0.39, 0.29) is 17.2 Å². The van der Waals surface area contributed by atoms with Gasteiger partial charge in [0.1, 0.15) is 28.7 Å². The first-order valence-corrected chi connectivity index (χ1v) is 21.6. The van der Waals surface area contributed by atoms with Gasteiger partial charge in [-0.15, -0.1) is 15.6 Å². The first kappa shape index (κ1) is 46.7. The number of nitrogens with one attached hydrogen (secondary N) is 4. The number of nitrogens with two attached hydrogens (primary N) is 1. The Morgan fingerprint density at radius 2 is 1.84 bits per heavy atom. The number of rotatable bonds is 14. The van der Waals surface area contributed by atoms with Crippen LogP contribution in [-0.4, -0.2) is 113 Å². The van der Waals surface area contributed by atoms with E-state index in [1.807, 2.05) is 12.1 Å². The summed E-state index contributed by atoms with van der Waals surface area (Å²) in [4.78, 5) is 68.5. The van der Waals surface area contributed by atoms with Crippen LogP contribution in [0.2, 0.25) is 0 Å². The molecule has 0 aliphatic carbocycles. The number of aromatic nitrogens is 1. The van der Waals surface area contributed by atoms with Crippen molar-refractivity contribution in [3.05, 3.63) is 46.6 Å². The van der Waals surface area contributed by atoms with Gasteiger partial charge >= 0.3 is 22.5 Å². The summed E-state index contributed by atoms with van der Waals surface area (Å²) in [6, 6.07) is 4.26. The zero-order valence-electron chi connectivity index (χ0n) is 35.4. The molecule has 334 valence electrons. The molecule has 2 aromatic rings. The van der Waals surface area contributed by atoms with Gasteiger partial charge in [0.25, 0.3) is 17.4 Å². The fourth-order valence-electron chi connectivity index (χ4n) is 6.18. The van der Waals surface area contributed by atoms with Crippen LogP contribution in [0.3, 0.4) is 0 Å². The summed E-state index contributed by atoms with van der Waals surface area (Å²) in [7, 11) is -5.08. The molecule has 3 amide bonds. The average molecular weight is 892 g/mol. The SMILES string of the molecule is CC(C)(C)OC(=O)Nc1nc(/C(=N/OC(C)(C(=O)OC(C)(C)C)[C@H]2CCc3cc(C4=CN=C(NCCCN)NC4)ccc3O2)C(=O)N[C@@H]2C(=O)N(OS(=O)(=O)O)C2(C)C)cs1.